The van der Waals surface area contributed by atoms with Crippen molar-refractivity contribution in [3.05, 3.63) is 155 Å². The predicted molar refractivity (Wildman–Crippen MR) is 160 cm³/mol. The van der Waals surface area contributed by atoms with Crippen molar-refractivity contribution in [2.45, 2.75) is 38.0 Å². The first-order valence-electron chi connectivity index (χ1n) is 13.9. The van der Waals surface area contributed by atoms with Crippen LogP contribution in [-0.2, 0) is 0 Å². The largest absolute Gasteiger partial charge is 0.459 e. The van der Waals surface area contributed by atoms with E-state index in [1.807, 2.05) is 72.8 Å². The van der Waals surface area contributed by atoms with Gasteiger partial charge in [-0.1, -0.05) is 141 Å². The number of furan rings is 1. The number of ketones is 1. The van der Waals surface area contributed by atoms with Crippen molar-refractivity contribution in [3.63, 3.8) is 0 Å². The molecule has 1 saturated carbocycles. The lowest BCUT2D eigenvalue weighted by molar-refractivity contribution is 0.103. The molecule has 1 fully saturated rings. The molecule has 0 unspecified atom stereocenters. The lowest BCUT2D eigenvalue weighted by Crippen LogP contribution is -2.07. The second-order valence-electron chi connectivity index (χ2n) is 10.3. The highest BCUT2D eigenvalue weighted by molar-refractivity contribution is 6.15. The van der Waals surface area contributed by atoms with Crippen LogP contribution in [0, 0.1) is 0 Å². The fourth-order valence-corrected chi connectivity index (χ4v) is 5.74. The Kier molecular flexibility index (Phi) is 7.36. The van der Waals surface area contributed by atoms with Crippen molar-refractivity contribution >= 4 is 17.4 Å². The molecule has 192 valence electrons. The molecule has 0 saturated heterocycles. The van der Waals surface area contributed by atoms with Gasteiger partial charge in [0.25, 0.3) is 0 Å². The molecule has 2 nitrogen and oxygen atoms in total. The molecule has 0 amide bonds. The summed E-state index contributed by atoms with van der Waals surface area (Å²) in [4.78, 5) is 14.3. The number of hydrogen-bond acceptors (Lipinski definition) is 2. The SMILES string of the molecule is O=C(c1ccccc1)c1c(-c2ccccc2)oc(C2CCCCC2)c1C=C(c1ccccc1)c1ccccc1. The Morgan fingerprint density at radius 3 is 1.64 bits per heavy atom. The summed E-state index contributed by atoms with van der Waals surface area (Å²) in [6, 6.07) is 40.5. The van der Waals surface area contributed by atoms with Gasteiger partial charge in [-0.05, 0) is 35.6 Å². The number of rotatable bonds is 7. The topological polar surface area (TPSA) is 30.2 Å². The van der Waals surface area contributed by atoms with Crippen molar-refractivity contribution in [2.24, 2.45) is 0 Å². The Morgan fingerprint density at radius 1 is 0.615 bits per heavy atom. The normalized spacial score (nSPS) is 13.6. The molecule has 6 rings (SSSR count). The molecule has 39 heavy (non-hydrogen) atoms. The summed E-state index contributed by atoms with van der Waals surface area (Å²) in [5.41, 5.74) is 6.46. The molecule has 0 spiro atoms. The fraction of sp³-hybridized carbons (Fsp3) is 0.162. The average molecular weight is 509 g/mol. The van der Waals surface area contributed by atoms with E-state index in [0.717, 1.165) is 46.4 Å². The van der Waals surface area contributed by atoms with Crippen LogP contribution in [0.25, 0.3) is 23.0 Å². The third-order valence-corrected chi connectivity index (χ3v) is 7.71. The summed E-state index contributed by atoms with van der Waals surface area (Å²) in [5.74, 6) is 1.89. The van der Waals surface area contributed by atoms with E-state index in [4.69, 9.17) is 4.42 Å². The molecule has 0 radical (unpaired) electrons. The zero-order chi connectivity index (χ0) is 26.4. The molecule has 5 aromatic rings. The van der Waals surface area contributed by atoms with Gasteiger partial charge < -0.3 is 4.42 Å². The molecule has 4 aromatic carbocycles. The molecule has 1 aliphatic rings. The van der Waals surface area contributed by atoms with Crippen LogP contribution in [0.4, 0.5) is 0 Å². The van der Waals surface area contributed by atoms with Gasteiger partial charge in [-0.3, -0.25) is 4.79 Å². The van der Waals surface area contributed by atoms with Crippen LogP contribution >= 0.6 is 0 Å². The second kappa shape index (κ2) is 11.5. The molecule has 0 aliphatic heterocycles. The summed E-state index contributed by atoms with van der Waals surface area (Å²) in [6.07, 6.45) is 7.98. The molecule has 0 N–H and O–H groups in total. The smallest absolute Gasteiger partial charge is 0.197 e. The lowest BCUT2D eigenvalue weighted by Gasteiger charge is -2.20. The summed E-state index contributed by atoms with van der Waals surface area (Å²) >= 11 is 0. The van der Waals surface area contributed by atoms with Crippen molar-refractivity contribution < 1.29 is 9.21 Å². The van der Waals surface area contributed by atoms with E-state index < -0.39 is 0 Å². The first kappa shape index (κ1) is 24.9. The van der Waals surface area contributed by atoms with Crippen molar-refractivity contribution in [2.75, 3.05) is 0 Å². The lowest BCUT2D eigenvalue weighted by atomic mass is 9.83. The van der Waals surface area contributed by atoms with E-state index in [1.165, 1.54) is 19.3 Å². The maximum atomic E-state index is 14.3. The quantitative estimate of drug-likeness (QED) is 0.205. The highest BCUT2D eigenvalue weighted by Gasteiger charge is 2.31. The van der Waals surface area contributed by atoms with Crippen molar-refractivity contribution in [3.8, 4) is 11.3 Å². The van der Waals surface area contributed by atoms with Crippen LogP contribution in [0.2, 0.25) is 0 Å². The predicted octanol–water partition coefficient (Wildman–Crippen LogP) is 9.81. The van der Waals surface area contributed by atoms with E-state index in [2.05, 4.69) is 54.6 Å². The first-order valence-corrected chi connectivity index (χ1v) is 13.9. The molecular weight excluding hydrogens is 476 g/mol. The molecule has 0 atom stereocenters. The minimum atomic E-state index is -0.00742. The minimum absolute atomic E-state index is 0.00742. The highest BCUT2D eigenvalue weighted by Crippen LogP contribution is 2.43. The summed E-state index contributed by atoms with van der Waals surface area (Å²) in [6.45, 7) is 0. The third-order valence-electron chi connectivity index (χ3n) is 7.71. The maximum absolute atomic E-state index is 14.3. The Balaban J connectivity index is 1.65. The van der Waals surface area contributed by atoms with Gasteiger partial charge in [0.2, 0.25) is 0 Å². The van der Waals surface area contributed by atoms with E-state index in [0.29, 0.717) is 16.9 Å². The highest BCUT2D eigenvalue weighted by atomic mass is 16.3. The van der Waals surface area contributed by atoms with Crippen LogP contribution < -0.4 is 0 Å². The molecule has 1 aliphatic carbocycles. The Labute approximate surface area is 230 Å². The summed E-state index contributed by atoms with van der Waals surface area (Å²) < 4.78 is 6.82. The maximum Gasteiger partial charge on any atom is 0.197 e. The molecule has 0 bridgehead atoms. The van der Waals surface area contributed by atoms with Crippen LogP contribution in [0.5, 0.6) is 0 Å². The monoisotopic (exact) mass is 508 g/mol. The van der Waals surface area contributed by atoms with Gasteiger partial charge in [0.15, 0.2) is 5.78 Å². The Bertz CT molecular complexity index is 1520. The van der Waals surface area contributed by atoms with Gasteiger partial charge in [-0.15, -0.1) is 0 Å². The van der Waals surface area contributed by atoms with Gasteiger partial charge in [0, 0.05) is 22.6 Å². The first-order chi connectivity index (χ1) is 19.3. The molecule has 2 heteroatoms. The van der Waals surface area contributed by atoms with Gasteiger partial charge in [0.05, 0.1) is 5.56 Å². The second-order valence-corrected chi connectivity index (χ2v) is 10.3. The average Bonchev–Trinajstić information content (AvgIpc) is 3.41. The third kappa shape index (κ3) is 5.28. The zero-order valence-corrected chi connectivity index (χ0v) is 22.1. The van der Waals surface area contributed by atoms with Crippen LogP contribution in [0.15, 0.2) is 126 Å². The number of hydrogen-bond donors (Lipinski definition) is 0. The van der Waals surface area contributed by atoms with Gasteiger partial charge >= 0.3 is 0 Å². The zero-order valence-electron chi connectivity index (χ0n) is 22.1. The van der Waals surface area contributed by atoms with E-state index >= 15 is 0 Å². The van der Waals surface area contributed by atoms with Crippen molar-refractivity contribution in [1.29, 1.82) is 0 Å². The van der Waals surface area contributed by atoms with Gasteiger partial charge in [-0.2, -0.15) is 0 Å². The van der Waals surface area contributed by atoms with Crippen molar-refractivity contribution in [1.82, 2.24) is 0 Å². The van der Waals surface area contributed by atoms with Gasteiger partial charge in [-0.25, -0.2) is 0 Å². The number of carbonyl (C=O) groups is 1. The van der Waals surface area contributed by atoms with E-state index in [9.17, 15) is 4.79 Å². The molecule has 1 heterocycles. The van der Waals surface area contributed by atoms with Crippen LogP contribution in [0.1, 0.15) is 76.4 Å². The standard InChI is InChI=1S/C37H32O2/c38-35(29-20-10-3-11-21-29)34-33(26-32(27-16-6-1-7-17-27)28-18-8-2-9-19-28)36(30-22-12-4-13-23-30)39-37(34)31-24-14-5-15-25-31/h1-3,5-11,14-21,24-26,30H,4,12-13,22-23H2. The van der Waals surface area contributed by atoms with Gasteiger partial charge in [0.1, 0.15) is 11.5 Å². The minimum Gasteiger partial charge on any atom is -0.459 e. The Morgan fingerprint density at radius 2 is 1.10 bits per heavy atom. The van der Waals surface area contributed by atoms with E-state index in [1.54, 1.807) is 0 Å². The number of carbonyl (C=O) groups excluding carboxylic acids is 1. The van der Waals surface area contributed by atoms with E-state index in [-0.39, 0.29) is 11.7 Å². The van der Waals surface area contributed by atoms with Crippen LogP contribution in [0.3, 0.4) is 0 Å². The summed E-state index contributed by atoms with van der Waals surface area (Å²) in [7, 11) is 0. The summed E-state index contributed by atoms with van der Waals surface area (Å²) in [5, 5.41) is 0. The fourth-order valence-electron chi connectivity index (χ4n) is 5.74. The molecule has 1 aromatic heterocycles. The molecular formula is C37H32O2. The van der Waals surface area contributed by atoms with Crippen LogP contribution in [-0.4, -0.2) is 5.78 Å². The number of benzene rings is 4. The Hall–Kier alpha value is -4.43.